The molecule has 0 saturated heterocycles. The molecule has 0 aliphatic rings. The molecule has 0 spiro atoms. The molecule has 8 nitrogen and oxygen atoms in total. The summed E-state index contributed by atoms with van der Waals surface area (Å²) in [5.74, 6) is 1.12. The van der Waals surface area contributed by atoms with Gasteiger partial charge in [0, 0.05) is 13.1 Å². The molecular weight excluding hydrogens is 410 g/mol. The predicted molar refractivity (Wildman–Crippen MR) is 120 cm³/mol. The summed E-state index contributed by atoms with van der Waals surface area (Å²) in [4.78, 5) is 23.8. The largest absolute Gasteiger partial charge is 0.493 e. The molecule has 0 aliphatic carbocycles. The van der Waals surface area contributed by atoms with Gasteiger partial charge in [0.15, 0.2) is 18.1 Å². The average molecular weight is 437 g/mol. The first-order valence-electron chi connectivity index (χ1n) is 10.1. The van der Waals surface area contributed by atoms with Gasteiger partial charge < -0.3 is 24.8 Å². The smallest absolute Gasteiger partial charge is 0.261 e. The zero-order valence-corrected chi connectivity index (χ0v) is 18.4. The zero-order valence-electron chi connectivity index (χ0n) is 18.4. The lowest BCUT2D eigenvalue weighted by molar-refractivity contribution is -0.123. The molecular formula is C24H27N3O5. The van der Waals surface area contributed by atoms with Crippen molar-refractivity contribution in [2.75, 3.05) is 33.9 Å². The Morgan fingerprint density at radius 1 is 1.03 bits per heavy atom. The van der Waals surface area contributed by atoms with Crippen LogP contribution in [0.15, 0.2) is 48.0 Å². The fraction of sp³-hybridized carbons (Fsp3) is 0.292. The van der Waals surface area contributed by atoms with Gasteiger partial charge in [0.25, 0.3) is 11.8 Å². The van der Waals surface area contributed by atoms with Crippen molar-refractivity contribution in [3.8, 4) is 23.3 Å². The minimum atomic E-state index is -0.454. The number of nitrogens with zero attached hydrogens (tertiary/aromatic N) is 1. The molecule has 2 aromatic rings. The summed E-state index contributed by atoms with van der Waals surface area (Å²) in [6.45, 7) is 2.66. The van der Waals surface area contributed by atoms with Crippen LogP contribution in [-0.4, -0.2) is 45.7 Å². The van der Waals surface area contributed by atoms with Crippen LogP contribution < -0.4 is 24.8 Å². The summed E-state index contributed by atoms with van der Waals surface area (Å²) in [6.07, 6.45) is 2.07. The van der Waals surface area contributed by atoms with Crippen LogP contribution in [0.5, 0.6) is 17.2 Å². The Bertz CT molecular complexity index is 994. The van der Waals surface area contributed by atoms with Gasteiger partial charge in [-0.15, -0.1) is 0 Å². The second-order valence-corrected chi connectivity index (χ2v) is 6.68. The fourth-order valence-electron chi connectivity index (χ4n) is 2.82. The molecule has 0 atom stereocenters. The van der Waals surface area contributed by atoms with E-state index >= 15 is 0 Å². The van der Waals surface area contributed by atoms with Crippen molar-refractivity contribution in [1.82, 2.24) is 10.6 Å². The minimum Gasteiger partial charge on any atom is -0.493 e. The lowest BCUT2D eigenvalue weighted by Crippen LogP contribution is -2.28. The van der Waals surface area contributed by atoms with Crippen molar-refractivity contribution in [2.24, 2.45) is 0 Å². The number of amides is 2. The fourth-order valence-corrected chi connectivity index (χ4v) is 2.82. The van der Waals surface area contributed by atoms with Crippen molar-refractivity contribution < 1.29 is 23.8 Å². The van der Waals surface area contributed by atoms with E-state index in [1.54, 1.807) is 44.6 Å². The normalized spacial score (nSPS) is 10.6. The van der Waals surface area contributed by atoms with Gasteiger partial charge in [-0.2, -0.15) is 5.26 Å². The van der Waals surface area contributed by atoms with Gasteiger partial charge in [-0.25, -0.2) is 0 Å². The summed E-state index contributed by atoms with van der Waals surface area (Å²) in [6, 6.07) is 14.2. The number of nitriles is 1. The van der Waals surface area contributed by atoms with Crippen LogP contribution in [0.1, 0.15) is 18.1 Å². The molecule has 2 aromatic carbocycles. The first kappa shape index (κ1) is 24.3. The highest BCUT2D eigenvalue weighted by molar-refractivity contribution is 6.01. The number of hydrogen-bond acceptors (Lipinski definition) is 6. The van der Waals surface area contributed by atoms with E-state index in [9.17, 15) is 14.9 Å². The number of likely N-dealkylation sites (N-methyl/N-ethyl adjacent to an activating group) is 1. The summed E-state index contributed by atoms with van der Waals surface area (Å²) in [5.41, 5.74) is 1.63. The highest BCUT2D eigenvalue weighted by Crippen LogP contribution is 2.27. The van der Waals surface area contributed by atoms with E-state index in [1.807, 2.05) is 25.1 Å². The zero-order chi connectivity index (χ0) is 23.3. The van der Waals surface area contributed by atoms with Crippen LogP contribution in [0.25, 0.3) is 6.08 Å². The Balaban J connectivity index is 1.91. The van der Waals surface area contributed by atoms with Crippen molar-refractivity contribution >= 4 is 17.9 Å². The quantitative estimate of drug-likeness (QED) is 0.413. The van der Waals surface area contributed by atoms with E-state index in [0.29, 0.717) is 42.3 Å². The Morgan fingerprint density at radius 2 is 1.75 bits per heavy atom. The molecule has 168 valence electrons. The summed E-state index contributed by atoms with van der Waals surface area (Å²) in [7, 11) is 3.13. The van der Waals surface area contributed by atoms with Crippen LogP contribution in [0.2, 0.25) is 0 Å². The third kappa shape index (κ3) is 7.36. The number of nitrogens with one attached hydrogen (secondary N) is 2. The van der Waals surface area contributed by atoms with Crippen LogP contribution in [0, 0.1) is 11.3 Å². The van der Waals surface area contributed by atoms with Crippen molar-refractivity contribution in [3.05, 3.63) is 59.2 Å². The van der Waals surface area contributed by atoms with E-state index in [2.05, 4.69) is 10.6 Å². The molecule has 0 saturated carbocycles. The number of carbonyl (C=O) groups excluding carboxylic acids is 2. The van der Waals surface area contributed by atoms with Gasteiger partial charge in [0.1, 0.15) is 17.4 Å². The first-order valence-corrected chi connectivity index (χ1v) is 10.1. The summed E-state index contributed by atoms with van der Waals surface area (Å²) < 4.78 is 15.9. The molecule has 2 rings (SSSR count). The van der Waals surface area contributed by atoms with E-state index in [-0.39, 0.29) is 18.1 Å². The Hall–Kier alpha value is -3.99. The third-order valence-corrected chi connectivity index (χ3v) is 4.45. The third-order valence-electron chi connectivity index (χ3n) is 4.45. The van der Waals surface area contributed by atoms with Gasteiger partial charge in [-0.1, -0.05) is 18.2 Å². The molecule has 0 fully saturated rings. The van der Waals surface area contributed by atoms with Crippen molar-refractivity contribution in [1.29, 1.82) is 5.26 Å². The summed E-state index contributed by atoms with van der Waals surface area (Å²) >= 11 is 0. The number of hydrogen-bond donors (Lipinski definition) is 2. The molecule has 0 heterocycles. The lowest BCUT2D eigenvalue weighted by Gasteiger charge is -2.10. The SMILES string of the molecule is CCNC(=O)COc1ccc(/C=C(/C#N)C(=O)NCCc2ccc(OC)c(OC)c2)cc1. The maximum atomic E-state index is 12.4. The molecule has 0 unspecified atom stereocenters. The lowest BCUT2D eigenvalue weighted by atomic mass is 10.1. The maximum absolute atomic E-state index is 12.4. The number of methoxy groups -OCH3 is 2. The van der Waals surface area contributed by atoms with Gasteiger partial charge in [0.2, 0.25) is 0 Å². The monoisotopic (exact) mass is 437 g/mol. The number of benzene rings is 2. The van der Waals surface area contributed by atoms with Crippen molar-refractivity contribution in [3.63, 3.8) is 0 Å². The number of carbonyl (C=O) groups is 2. The van der Waals surface area contributed by atoms with Crippen LogP contribution in [-0.2, 0) is 16.0 Å². The molecule has 8 heteroatoms. The molecule has 0 radical (unpaired) electrons. The van der Waals surface area contributed by atoms with Crippen LogP contribution >= 0.6 is 0 Å². The van der Waals surface area contributed by atoms with E-state index in [0.717, 1.165) is 5.56 Å². The average Bonchev–Trinajstić information content (AvgIpc) is 2.81. The van der Waals surface area contributed by atoms with Gasteiger partial charge >= 0.3 is 0 Å². The Labute approximate surface area is 187 Å². The highest BCUT2D eigenvalue weighted by atomic mass is 16.5. The topological polar surface area (TPSA) is 110 Å². The Kier molecular flexibility index (Phi) is 9.60. The summed E-state index contributed by atoms with van der Waals surface area (Å²) in [5, 5.41) is 14.8. The number of ether oxygens (including phenoxy) is 3. The molecule has 0 aliphatic heterocycles. The van der Waals surface area contributed by atoms with E-state index in [4.69, 9.17) is 14.2 Å². The van der Waals surface area contributed by atoms with Gasteiger partial charge in [0.05, 0.1) is 14.2 Å². The van der Waals surface area contributed by atoms with E-state index in [1.165, 1.54) is 6.08 Å². The molecule has 32 heavy (non-hydrogen) atoms. The highest BCUT2D eigenvalue weighted by Gasteiger charge is 2.10. The standard InChI is InChI=1S/C24H27N3O5/c1-4-26-23(28)16-32-20-8-5-17(6-9-20)13-19(15-25)24(29)27-12-11-18-7-10-21(30-2)22(14-18)31-3/h5-10,13-14H,4,11-12,16H2,1-3H3,(H,26,28)(H,27,29)/b19-13-. The molecule has 0 bridgehead atoms. The second kappa shape index (κ2) is 12.6. The van der Waals surface area contributed by atoms with Crippen LogP contribution in [0.3, 0.4) is 0 Å². The maximum Gasteiger partial charge on any atom is 0.261 e. The molecule has 2 N–H and O–H groups in total. The van der Waals surface area contributed by atoms with Gasteiger partial charge in [-0.3, -0.25) is 9.59 Å². The van der Waals surface area contributed by atoms with E-state index < -0.39 is 5.91 Å². The Morgan fingerprint density at radius 3 is 2.38 bits per heavy atom. The van der Waals surface area contributed by atoms with Crippen LogP contribution in [0.4, 0.5) is 0 Å². The van der Waals surface area contributed by atoms with Crippen molar-refractivity contribution in [2.45, 2.75) is 13.3 Å². The van der Waals surface area contributed by atoms with Gasteiger partial charge in [-0.05, 0) is 54.8 Å². The predicted octanol–water partition coefficient (Wildman–Crippen LogP) is 2.48. The second-order valence-electron chi connectivity index (χ2n) is 6.68. The molecule has 0 aromatic heterocycles. The number of rotatable bonds is 11. The molecule has 2 amide bonds. The first-order chi connectivity index (χ1) is 15.5. The minimum absolute atomic E-state index is 0.00620.